The number of hydrogen-bond donors (Lipinski definition) is 1. The molecule has 19 heavy (non-hydrogen) atoms. The van der Waals surface area contributed by atoms with Gasteiger partial charge in [0.05, 0.1) is 12.0 Å². The molecule has 0 aromatic heterocycles. The lowest BCUT2D eigenvalue weighted by atomic mass is 9.86. The number of fused-ring (bicyclic) bond motifs is 5. The van der Waals surface area contributed by atoms with Gasteiger partial charge in [-0.25, -0.2) is 0 Å². The molecule has 2 aromatic carbocycles. The zero-order valence-electron chi connectivity index (χ0n) is 11.2. The van der Waals surface area contributed by atoms with E-state index in [4.69, 9.17) is 0 Å². The van der Waals surface area contributed by atoms with Crippen LogP contribution in [0.15, 0.2) is 35.3 Å². The Balaban J connectivity index is 2.29. The molecule has 2 aliphatic rings. The highest BCUT2D eigenvalue weighted by atomic mass is 15.1. The van der Waals surface area contributed by atoms with Crippen LogP contribution in [0.25, 0.3) is 22.9 Å². The first-order valence-electron chi connectivity index (χ1n) is 6.71. The number of hydrogen-bond acceptors (Lipinski definition) is 2. The molecule has 0 spiro atoms. The van der Waals surface area contributed by atoms with E-state index >= 15 is 0 Å². The average molecular weight is 248 g/mol. The second-order valence-electron chi connectivity index (χ2n) is 5.77. The van der Waals surface area contributed by atoms with Crippen LogP contribution in [0.3, 0.4) is 0 Å². The third kappa shape index (κ3) is 1.44. The quantitative estimate of drug-likeness (QED) is 0.758. The standard InChI is InChI=1S/C17H16N2/c1-17(2)16-14(18-10-19-17)9-8-12-7-6-11-4-3-5-13(11)15(12)16/h3-9,19H,10H2,1-2H3. The third-order valence-corrected chi connectivity index (χ3v) is 4.17. The third-order valence-electron chi connectivity index (χ3n) is 4.17. The lowest BCUT2D eigenvalue weighted by Gasteiger charge is -2.31. The molecule has 94 valence electrons. The molecule has 0 amide bonds. The molecule has 2 heteroatoms. The number of nitrogens with one attached hydrogen (secondary N) is 1. The van der Waals surface area contributed by atoms with E-state index in [2.05, 4.69) is 66.7 Å². The average Bonchev–Trinajstić information content (AvgIpc) is 2.86. The van der Waals surface area contributed by atoms with Gasteiger partial charge in [-0.2, -0.15) is 0 Å². The van der Waals surface area contributed by atoms with Crippen molar-refractivity contribution in [1.82, 2.24) is 5.32 Å². The van der Waals surface area contributed by atoms with E-state index in [0.29, 0.717) is 6.67 Å². The van der Waals surface area contributed by atoms with Crippen LogP contribution >= 0.6 is 0 Å². The first-order chi connectivity index (χ1) is 9.17. The van der Waals surface area contributed by atoms with E-state index in [1.807, 2.05) is 0 Å². The Hall–Kier alpha value is -1.93. The Morgan fingerprint density at radius 1 is 1.16 bits per heavy atom. The molecule has 0 bridgehead atoms. The van der Waals surface area contributed by atoms with Crippen LogP contribution in [0, 0.1) is 0 Å². The van der Waals surface area contributed by atoms with Crippen molar-refractivity contribution >= 4 is 22.9 Å². The summed E-state index contributed by atoms with van der Waals surface area (Å²) < 4.78 is 0. The van der Waals surface area contributed by atoms with E-state index in [9.17, 15) is 0 Å². The van der Waals surface area contributed by atoms with E-state index in [-0.39, 0.29) is 5.54 Å². The van der Waals surface area contributed by atoms with Crippen LogP contribution in [0.5, 0.6) is 0 Å². The Bertz CT molecular complexity index is 842. The topological polar surface area (TPSA) is 24.4 Å². The zero-order valence-corrected chi connectivity index (χ0v) is 11.2. The van der Waals surface area contributed by atoms with Gasteiger partial charge < -0.3 is 0 Å². The van der Waals surface area contributed by atoms with Gasteiger partial charge in [0.25, 0.3) is 0 Å². The van der Waals surface area contributed by atoms with Gasteiger partial charge in [0.1, 0.15) is 0 Å². The zero-order chi connectivity index (χ0) is 13.0. The van der Waals surface area contributed by atoms with Gasteiger partial charge in [-0.15, -0.1) is 0 Å². The van der Waals surface area contributed by atoms with Gasteiger partial charge in [-0.05, 0) is 41.5 Å². The van der Waals surface area contributed by atoms with Gasteiger partial charge >= 0.3 is 0 Å². The minimum atomic E-state index is -0.0395. The Morgan fingerprint density at radius 3 is 2.89 bits per heavy atom. The predicted molar refractivity (Wildman–Crippen MR) is 79.3 cm³/mol. The van der Waals surface area contributed by atoms with Crippen LogP contribution in [0.4, 0.5) is 0 Å². The molecule has 1 N–H and O–H groups in total. The number of allylic oxidation sites excluding steroid dienone is 1. The first-order valence-corrected chi connectivity index (χ1v) is 6.71. The lowest BCUT2D eigenvalue weighted by molar-refractivity contribution is 0.392. The summed E-state index contributed by atoms with van der Waals surface area (Å²) >= 11 is 0. The minimum Gasteiger partial charge on any atom is -0.289 e. The maximum atomic E-state index is 4.62. The molecule has 0 unspecified atom stereocenters. The molecule has 0 atom stereocenters. The van der Waals surface area contributed by atoms with Gasteiger partial charge in [0.15, 0.2) is 0 Å². The summed E-state index contributed by atoms with van der Waals surface area (Å²) in [5, 5.41) is 8.60. The molecular formula is C17H16N2. The van der Waals surface area contributed by atoms with Crippen LogP contribution in [0.1, 0.15) is 25.0 Å². The summed E-state index contributed by atoms with van der Waals surface area (Å²) in [7, 11) is 0. The molecule has 1 aliphatic carbocycles. The Labute approximate surface area is 112 Å². The summed E-state index contributed by atoms with van der Waals surface area (Å²) in [4.78, 5) is 4.62. The van der Waals surface area contributed by atoms with Gasteiger partial charge in [0, 0.05) is 11.1 Å². The SMILES string of the molecule is CC1(C)NCN=c2ccc3ccc4c(c3c21)=CC=C4. The number of nitrogens with zero attached hydrogens (tertiary/aromatic N) is 1. The molecule has 0 fully saturated rings. The van der Waals surface area contributed by atoms with E-state index in [0.717, 1.165) is 5.36 Å². The second kappa shape index (κ2) is 3.55. The fraction of sp³-hybridized carbons (Fsp3) is 0.235. The van der Waals surface area contributed by atoms with E-state index in [1.165, 1.54) is 27.1 Å². The summed E-state index contributed by atoms with van der Waals surface area (Å²) in [5.74, 6) is 0. The van der Waals surface area contributed by atoms with Crippen molar-refractivity contribution in [1.29, 1.82) is 0 Å². The van der Waals surface area contributed by atoms with Crippen LogP contribution < -0.4 is 15.9 Å². The summed E-state index contributed by atoms with van der Waals surface area (Å²) in [6, 6.07) is 8.74. The maximum Gasteiger partial charge on any atom is 0.0898 e. The van der Waals surface area contributed by atoms with Crippen molar-refractivity contribution in [2.24, 2.45) is 4.99 Å². The molecule has 4 rings (SSSR count). The molecule has 0 saturated heterocycles. The molecule has 2 aromatic rings. The van der Waals surface area contributed by atoms with Gasteiger partial charge in [-0.1, -0.05) is 36.4 Å². The van der Waals surface area contributed by atoms with Crippen molar-refractivity contribution in [2.75, 3.05) is 6.67 Å². The van der Waals surface area contributed by atoms with Crippen LogP contribution in [-0.2, 0) is 5.54 Å². The molecule has 0 radical (unpaired) electrons. The maximum absolute atomic E-state index is 4.62. The van der Waals surface area contributed by atoms with Crippen molar-refractivity contribution in [2.45, 2.75) is 19.4 Å². The normalized spacial score (nSPS) is 18.6. The van der Waals surface area contributed by atoms with Gasteiger partial charge in [0.2, 0.25) is 0 Å². The fourth-order valence-corrected chi connectivity index (χ4v) is 3.20. The molecule has 2 nitrogen and oxygen atoms in total. The summed E-state index contributed by atoms with van der Waals surface area (Å²) in [6.07, 6.45) is 6.51. The Kier molecular flexibility index (Phi) is 2.04. The smallest absolute Gasteiger partial charge is 0.0898 e. The van der Waals surface area contributed by atoms with Gasteiger partial charge in [-0.3, -0.25) is 10.3 Å². The highest BCUT2D eigenvalue weighted by molar-refractivity contribution is 5.92. The lowest BCUT2D eigenvalue weighted by Crippen LogP contribution is -2.45. The number of rotatable bonds is 0. The fourth-order valence-electron chi connectivity index (χ4n) is 3.20. The Morgan fingerprint density at radius 2 is 2.00 bits per heavy atom. The predicted octanol–water partition coefficient (Wildman–Crippen LogP) is 2.06. The molecule has 1 aliphatic heterocycles. The van der Waals surface area contributed by atoms with E-state index in [1.54, 1.807) is 0 Å². The molecular weight excluding hydrogens is 232 g/mol. The highest BCUT2D eigenvalue weighted by Gasteiger charge is 2.27. The second-order valence-corrected chi connectivity index (χ2v) is 5.77. The van der Waals surface area contributed by atoms with Crippen LogP contribution in [0.2, 0.25) is 0 Å². The van der Waals surface area contributed by atoms with Crippen LogP contribution in [-0.4, -0.2) is 6.67 Å². The van der Waals surface area contributed by atoms with Crippen molar-refractivity contribution in [3.63, 3.8) is 0 Å². The minimum absolute atomic E-state index is 0.0395. The largest absolute Gasteiger partial charge is 0.289 e. The molecule has 1 heterocycles. The highest BCUT2D eigenvalue weighted by Crippen LogP contribution is 2.26. The summed E-state index contributed by atoms with van der Waals surface area (Å²) in [5.41, 5.74) is 2.60. The summed E-state index contributed by atoms with van der Waals surface area (Å²) in [6.45, 7) is 5.17. The number of benzene rings is 2. The molecule has 0 saturated carbocycles. The van der Waals surface area contributed by atoms with Crippen molar-refractivity contribution in [3.05, 3.63) is 52.0 Å². The first kappa shape index (κ1) is 10.9. The van der Waals surface area contributed by atoms with Crippen molar-refractivity contribution in [3.8, 4) is 0 Å². The van der Waals surface area contributed by atoms with Crippen molar-refractivity contribution < 1.29 is 0 Å². The van der Waals surface area contributed by atoms with E-state index < -0.39 is 0 Å². The monoisotopic (exact) mass is 248 g/mol.